The van der Waals surface area contributed by atoms with Crippen LogP contribution in [0.15, 0.2) is 137 Å². The molecule has 0 heterocycles. The molecular weight excluding hydrogens is 752 g/mol. The molecule has 1 aliphatic carbocycles. The van der Waals surface area contributed by atoms with Gasteiger partial charge >= 0.3 is 5.97 Å². The van der Waals surface area contributed by atoms with Crippen LogP contribution in [0.25, 0.3) is 0 Å². The molecule has 10 heteroatoms. The van der Waals surface area contributed by atoms with E-state index in [4.69, 9.17) is 9.47 Å². The zero-order valence-electron chi connectivity index (χ0n) is 29.7. The highest BCUT2D eigenvalue weighted by Gasteiger charge is 2.28. The van der Waals surface area contributed by atoms with E-state index >= 15 is 0 Å². The van der Waals surface area contributed by atoms with Gasteiger partial charge in [-0.2, -0.15) is 4.31 Å². The molecule has 0 bridgehead atoms. The quantitative estimate of drug-likeness (QED) is 0.104. The second-order valence-electron chi connectivity index (χ2n) is 13.3. The van der Waals surface area contributed by atoms with Crippen molar-refractivity contribution >= 4 is 43.5 Å². The van der Waals surface area contributed by atoms with Gasteiger partial charge in [-0.3, -0.25) is 4.79 Å². The summed E-state index contributed by atoms with van der Waals surface area (Å²) in [5, 5.41) is 0. The lowest BCUT2D eigenvalue weighted by atomic mass is 9.84. The highest BCUT2D eigenvalue weighted by molar-refractivity contribution is 9.10. The number of likely N-dealkylation sites (N-methyl/N-ethyl adjacent to an activating group) is 1. The second kappa shape index (κ2) is 17.8. The van der Waals surface area contributed by atoms with Crippen LogP contribution >= 0.6 is 15.9 Å². The summed E-state index contributed by atoms with van der Waals surface area (Å²) < 4.78 is 40.7. The number of esters is 1. The van der Waals surface area contributed by atoms with Crippen LogP contribution in [0, 0.1) is 0 Å². The van der Waals surface area contributed by atoms with Gasteiger partial charge in [-0.05, 0) is 77.4 Å². The SMILES string of the molecule is CN(CC(=O)N(Cc1ccc(C2CCCCC2)cc1)c1ccc(C(=O)OCc2ccccc2)c(OCc2ccccc2)c1)S(=O)(=O)c1ccc(Br)cc1. The van der Waals surface area contributed by atoms with Gasteiger partial charge in [0.25, 0.3) is 0 Å². The van der Waals surface area contributed by atoms with Crippen molar-refractivity contribution < 1.29 is 27.5 Å². The highest BCUT2D eigenvalue weighted by Crippen LogP contribution is 2.34. The topological polar surface area (TPSA) is 93.2 Å². The maximum Gasteiger partial charge on any atom is 0.342 e. The summed E-state index contributed by atoms with van der Waals surface area (Å²) in [6.07, 6.45) is 6.09. The first-order chi connectivity index (χ1) is 25.7. The van der Waals surface area contributed by atoms with Crippen LogP contribution in [0.1, 0.15) is 70.6 Å². The minimum atomic E-state index is -3.97. The largest absolute Gasteiger partial charge is 0.488 e. The molecule has 6 rings (SSSR count). The number of benzene rings is 5. The number of carbonyl (C=O) groups is 2. The third kappa shape index (κ3) is 10.0. The molecule has 274 valence electrons. The maximum atomic E-state index is 14.3. The predicted octanol–water partition coefficient (Wildman–Crippen LogP) is 9.29. The van der Waals surface area contributed by atoms with E-state index in [1.807, 2.05) is 72.8 Å². The van der Waals surface area contributed by atoms with E-state index in [0.717, 1.165) is 25.5 Å². The molecule has 0 unspecified atom stereocenters. The summed E-state index contributed by atoms with van der Waals surface area (Å²) in [5.41, 5.74) is 4.57. The zero-order valence-corrected chi connectivity index (χ0v) is 32.1. The van der Waals surface area contributed by atoms with Gasteiger partial charge in [0.2, 0.25) is 15.9 Å². The summed E-state index contributed by atoms with van der Waals surface area (Å²) in [7, 11) is -2.58. The number of anilines is 1. The Bertz CT molecular complexity index is 2090. The summed E-state index contributed by atoms with van der Waals surface area (Å²) in [5.74, 6) is -0.241. The number of rotatable bonds is 14. The Kier molecular flexibility index (Phi) is 12.8. The molecule has 0 saturated heterocycles. The number of nitrogens with zero attached hydrogens (tertiary/aromatic N) is 2. The molecule has 0 N–H and O–H groups in total. The Morgan fingerprint density at radius 1 is 0.736 bits per heavy atom. The molecule has 1 saturated carbocycles. The van der Waals surface area contributed by atoms with E-state index in [0.29, 0.717) is 11.6 Å². The van der Waals surface area contributed by atoms with Crippen LogP contribution < -0.4 is 9.64 Å². The van der Waals surface area contributed by atoms with E-state index < -0.39 is 28.4 Å². The molecule has 5 aromatic carbocycles. The third-order valence-corrected chi connectivity index (χ3v) is 11.9. The lowest BCUT2D eigenvalue weighted by Gasteiger charge is -2.27. The first-order valence-electron chi connectivity index (χ1n) is 17.8. The van der Waals surface area contributed by atoms with E-state index in [9.17, 15) is 18.0 Å². The predicted molar refractivity (Wildman–Crippen MR) is 210 cm³/mol. The number of hydrogen-bond acceptors (Lipinski definition) is 6. The molecule has 0 spiro atoms. The zero-order chi connectivity index (χ0) is 37.2. The minimum absolute atomic E-state index is 0.0795. The van der Waals surface area contributed by atoms with Crippen LogP contribution in [-0.2, 0) is 39.3 Å². The Balaban J connectivity index is 1.31. The van der Waals surface area contributed by atoms with Crippen molar-refractivity contribution in [3.05, 3.63) is 160 Å². The third-order valence-electron chi connectivity index (χ3n) is 9.52. The van der Waals surface area contributed by atoms with E-state index in [-0.39, 0.29) is 36.0 Å². The number of halogens is 1. The van der Waals surface area contributed by atoms with Gasteiger partial charge in [0.1, 0.15) is 24.5 Å². The molecule has 0 radical (unpaired) electrons. The van der Waals surface area contributed by atoms with Crippen LogP contribution in [0.2, 0.25) is 0 Å². The van der Waals surface area contributed by atoms with E-state index in [1.54, 1.807) is 30.3 Å². The number of amides is 1. The van der Waals surface area contributed by atoms with Crippen molar-refractivity contribution in [2.75, 3.05) is 18.5 Å². The molecule has 0 atom stereocenters. The van der Waals surface area contributed by atoms with E-state index in [1.165, 1.54) is 61.7 Å². The fraction of sp³-hybridized carbons (Fsp3) is 0.256. The second-order valence-corrected chi connectivity index (χ2v) is 16.2. The highest BCUT2D eigenvalue weighted by atomic mass is 79.9. The Morgan fingerprint density at radius 3 is 2.00 bits per heavy atom. The molecule has 8 nitrogen and oxygen atoms in total. The molecule has 0 aromatic heterocycles. The van der Waals surface area contributed by atoms with Gasteiger partial charge in [0.05, 0.1) is 18.0 Å². The Labute approximate surface area is 320 Å². The molecule has 53 heavy (non-hydrogen) atoms. The Morgan fingerprint density at radius 2 is 1.36 bits per heavy atom. The van der Waals surface area contributed by atoms with Gasteiger partial charge in [-0.15, -0.1) is 0 Å². The average Bonchev–Trinajstić information content (AvgIpc) is 3.19. The van der Waals surface area contributed by atoms with Crippen LogP contribution in [0.3, 0.4) is 0 Å². The fourth-order valence-electron chi connectivity index (χ4n) is 6.49. The lowest BCUT2D eigenvalue weighted by Crippen LogP contribution is -2.41. The average molecular weight is 796 g/mol. The van der Waals surface area contributed by atoms with Gasteiger partial charge < -0.3 is 14.4 Å². The number of ether oxygens (including phenoxy) is 2. The fourth-order valence-corrected chi connectivity index (χ4v) is 7.87. The standard InChI is InChI=1S/C43H43BrN2O6S/c1-45(53(49,50)39-24-21-37(44)22-25-39)29-42(47)46(28-32-17-19-36(20-18-32)35-15-9-4-10-16-35)38-23-26-40(43(48)52-31-34-13-7-3-8-14-34)41(27-38)51-30-33-11-5-2-6-12-33/h2-3,5-8,11-14,17-27,35H,4,9-10,15-16,28-31H2,1H3. The first kappa shape index (κ1) is 38.0. The summed E-state index contributed by atoms with van der Waals surface area (Å²) in [4.78, 5) is 29.3. The van der Waals surface area contributed by atoms with Crippen molar-refractivity contribution in [1.29, 1.82) is 0 Å². The lowest BCUT2D eigenvalue weighted by molar-refractivity contribution is -0.118. The van der Waals surface area contributed by atoms with Crippen molar-refractivity contribution in [1.82, 2.24) is 4.31 Å². The van der Waals surface area contributed by atoms with Gasteiger partial charge in [0.15, 0.2) is 0 Å². The molecule has 1 amide bonds. The number of sulfonamides is 1. The number of hydrogen-bond donors (Lipinski definition) is 0. The summed E-state index contributed by atoms with van der Waals surface area (Å²) in [6, 6.07) is 38.5. The number of carbonyl (C=O) groups excluding carboxylic acids is 2. The molecule has 1 fully saturated rings. The maximum absolute atomic E-state index is 14.3. The minimum Gasteiger partial charge on any atom is -0.488 e. The van der Waals surface area contributed by atoms with Gasteiger partial charge in [-0.25, -0.2) is 13.2 Å². The molecular formula is C43H43BrN2O6S. The molecule has 1 aliphatic rings. The van der Waals surface area contributed by atoms with Crippen LogP contribution in [0.5, 0.6) is 5.75 Å². The normalized spacial score (nSPS) is 13.4. The summed E-state index contributed by atoms with van der Waals surface area (Å²) in [6.45, 7) is 0.0136. The van der Waals surface area contributed by atoms with Crippen molar-refractivity contribution in [2.24, 2.45) is 0 Å². The first-order valence-corrected chi connectivity index (χ1v) is 20.0. The monoisotopic (exact) mass is 794 g/mol. The van der Waals surface area contributed by atoms with Crippen molar-refractivity contribution in [2.45, 2.75) is 62.7 Å². The van der Waals surface area contributed by atoms with Gasteiger partial charge in [-0.1, -0.05) is 120 Å². The Hall–Kier alpha value is -4.77. The van der Waals surface area contributed by atoms with Crippen molar-refractivity contribution in [3.8, 4) is 5.75 Å². The van der Waals surface area contributed by atoms with Crippen LogP contribution in [0.4, 0.5) is 5.69 Å². The van der Waals surface area contributed by atoms with Crippen LogP contribution in [-0.4, -0.2) is 38.2 Å². The molecule has 5 aromatic rings. The molecule has 0 aliphatic heterocycles. The summed E-state index contributed by atoms with van der Waals surface area (Å²) >= 11 is 3.35. The van der Waals surface area contributed by atoms with Gasteiger partial charge in [0, 0.05) is 23.3 Å². The van der Waals surface area contributed by atoms with E-state index in [2.05, 4.69) is 28.1 Å². The smallest absolute Gasteiger partial charge is 0.342 e. The van der Waals surface area contributed by atoms with Crippen molar-refractivity contribution in [3.63, 3.8) is 0 Å².